The van der Waals surface area contributed by atoms with E-state index in [1.807, 2.05) is 22.6 Å². The van der Waals surface area contributed by atoms with Gasteiger partial charge in [0.15, 0.2) is 0 Å². The topological polar surface area (TPSA) is 26.3 Å². The van der Waals surface area contributed by atoms with Gasteiger partial charge in [0.1, 0.15) is 5.82 Å². The maximum atomic E-state index is 12.9. The van der Waals surface area contributed by atoms with Crippen molar-refractivity contribution in [3.8, 4) is 0 Å². The molecule has 0 aromatic heterocycles. The number of carbonyl (C=O) groups is 1. The summed E-state index contributed by atoms with van der Waals surface area (Å²) in [7, 11) is 0. The van der Waals surface area contributed by atoms with Crippen molar-refractivity contribution in [1.82, 2.24) is 0 Å². The van der Waals surface area contributed by atoms with E-state index < -0.39 is 11.8 Å². The Kier molecular flexibility index (Phi) is 4.12. The molecule has 0 radical (unpaired) electrons. The number of esters is 1. The number of ether oxygens (including phenoxy) is 1. The molecule has 0 fully saturated rings. The van der Waals surface area contributed by atoms with Crippen molar-refractivity contribution in [3.63, 3.8) is 0 Å². The van der Waals surface area contributed by atoms with Gasteiger partial charge in [-0.2, -0.15) is 0 Å². The Morgan fingerprint density at radius 1 is 1.64 bits per heavy atom. The molecule has 0 N–H and O–H groups in total. The largest absolute Gasteiger partial charge is 0.462 e. The van der Waals surface area contributed by atoms with Gasteiger partial charge in [-0.15, -0.1) is 0 Å². The number of carbonyl (C=O) groups excluding carboxylic acids is 1. The van der Waals surface area contributed by atoms with Crippen molar-refractivity contribution in [3.05, 3.63) is 32.1 Å². The predicted octanol–water partition coefficient (Wildman–Crippen LogP) is 3.26. The Balaban J connectivity index is 3.09. The molecule has 0 atom stereocenters. The first kappa shape index (κ1) is 11.7. The molecule has 0 unspecified atom stereocenters. The second-order valence-corrected chi connectivity index (χ2v) is 4.04. The molecule has 0 bridgehead atoms. The van der Waals surface area contributed by atoms with Gasteiger partial charge in [0.25, 0.3) is 0 Å². The molecule has 0 aliphatic rings. The summed E-state index contributed by atoms with van der Waals surface area (Å²) < 4.78 is 18.2. The van der Waals surface area contributed by atoms with Crippen LogP contribution in [0.5, 0.6) is 0 Å². The summed E-state index contributed by atoms with van der Waals surface area (Å²) in [6.45, 7) is 1.99. The van der Waals surface area contributed by atoms with Crippen LogP contribution in [0.25, 0.3) is 0 Å². The van der Waals surface area contributed by atoms with Crippen LogP contribution in [0.2, 0.25) is 5.02 Å². The summed E-state index contributed by atoms with van der Waals surface area (Å²) in [5, 5.41) is -0.0755. The SMILES string of the molecule is CCOC(=O)c1cc(Cl)c(F)cc1I. The minimum absolute atomic E-state index is 0.0755. The second kappa shape index (κ2) is 4.93. The van der Waals surface area contributed by atoms with Crippen LogP contribution < -0.4 is 0 Å². The van der Waals surface area contributed by atoms with Crippen LogP contribution in [0, 0.1) is 9.39 Å². The second-order valence-electron chi connectivity index (χ2n) is 2.47. The van der Waals surface area contributed by atoms with Crippen molar-refractivity contribution in [2.75, 3.05) is 6.61 Å². The van der Waals surface area contributed by atoms with E-state index in [0.717, 1.165) is 0 Å². The third-order valence-electron chi connectivity index (χ3n) is 1.51. The van der Waals surface area contributed by atoms with Gasteiger partial charge in [-0.1, -0.05) is 11.6 Å². The van der Waals surface area contributed by atoms with Gasteiger partial charge in [-0.3, -0.25) is 0 Å². The Morgan fingerprint density at radius 2 is 2.29 bits per heavy atom. The highest BCUT2D eigenvalue weighted by Crippen LogP contribution is 2.22. The molecular formula is C9H7ClFIO2. The van der Waals surface area contributed by atoms with Gasteiger partial charge in [0.2, 0.25) is 0 Å². The summed E-state index contributed by atoms with van der Waals surface area (Å²) >= 11 is 7.40. The van der Waals surface area contributed by atoms with E-state index >= 15 is 0 Å². The Morgan fingerprint density at radius 3 is 2.86 bits per heavy atom. The normalized spacial score (nSPS) is 10.0. The lowest BCUT2D eigenvalue weighted by Gasteiger charge is -2.05. The standard InChI is InChI=1S/C9H7ClFIO2/c1-2-14-9(13)5-3-6(10)7(11)4-8(5)12/h3-4H,2H2,1H3. The fraction of sp³-hybridized carbons (Fsp3) is 0.222. The smallest absolute Gasteiger partial charge is 0.339 e. The van der Waals surface area contributed by atoms with Crippen LogP contribution in [-0.4, -0.2) is 12.6 Å². The summed E-state index contributed by atoms with van der Waals surface area (Å²) in [5.74, 6) is -1.03. The number of rotatable bonds is 2. The lowest BCUT2D eigenvalue weighted by Crippen LogP contribution is -2.07. The Hall–Kier alpha value is -0.360. The van der Waals surface area contributed by atoms with Gasteiger partial charge < -0.3 is 4.74 Å². The van der Waals surface area contributed by atoms with E-state index in [-0.39, 0.29) is 11.6 Å². The zero-order valence-electron chi connectivity index (χ0n) is 7.31. The van der Waals surface area contributed by atoms with Gasteiger partial charge in [-0.05, 0) is 41.6 Å². The first-order chi connectivity index (χ1) is 6.56. The fourth-order valence-electron chi connectivity index (χ4n) is 0.888. The van der Waals surface area contributed by atoms with E-state index in [2.05, 4.69) is 0 Å². The van der Waals surface area contributed by atoms with Crippen LogP contribution in [0.15, 0.2) is 12.1 Å². The number of hydrogen-bond acceptors (Lipinski definition) is 2. The van der Waals surface area contributed by atoms with E-state index in [1.54, 1.807) is 6.92 Å². The molecule has 0 aliphatic carbocycles. The molecule has 1 aromatic carbocycles. The zero-order chi connectivity index (χ0) is 10.7. The molecule has 76 valence electrons. The van der Waals surface area contributed by atoms with Gasteiger partial charge in [0, 0.05) is 3.57 Å². The molecule has 1 aromatic rings. The van der Waals surface area contributed by atoms with Crippen molar-refractivity contribution >= 4 is 40.2 Å². The molecule has 2 nitrogen and oxygen atoms in total. The van der Waals surface area contributed by atoms with E-state index in [0.29, 0.717) is 9.13 Å². The van der Waals surface area contributed by atoms with Crippen LogP contribution in [0.1, 0.15) is 17.3 Å². The highest BCUT2D eigenvalue weighted by Gasteiger charge is 2.14. The molecule has 0 aliphatic heterocycles. The minimum atomic E-state index is -0.538. The van der Waals surface area contributed by atoms with E-state index in [1.165, 1.54) is 12.1 Å². The molecule has 0 saturated heterocycles. The van der Waals surface area contributed by atoms with Crippen LogP contribution in [0.4, 0.5) is 4.39 Å². The monoisotopic (exact) mass is 328 g/mol. The third kappa shape index (κ3) is 2.57. The molecule has 0 saturated carbocycles. The molecule has 14 heavy (non-hydrogen) atoms. The Bertz CT molecular complexity index is 368. The van der Waals surface area contributed by atoms with Crippen LogP contribution in [-0.2, 0) is 4.74 Å². The number of benzene rings is 1. The van der Waals surface area contributed by atoms with Crippen molar-refractivity contribution in [2.45, 2.75) is 6.92 Å². The minimum Gasteiger partial charge on any atom is -0.462 e. The average molecular weight is 329 g/mol. The molecule has 0 amide bonds. The van der Waals surface area contributed by atoms with Crippen molar-refractivity contribution < 1.29 is 13.9 Å². The average Bonchev–Trinajstić information content (AvgIpc) is 2.11. The molecule has 1 rings (SSSR count). The van der Waals surface area contributed by atoms with Gasteiger partial charge in [0.05, 0.1) is 17.2 Å². The van der Waals surface area contributed by atoms with Crippen LogP contribution in [0.3, 0.4) is 0 Å². The summed E-state index contributed by atoms with van der Waals surface area (Å²) in [6.07, 6.45) is 0. The summed E-state index contributed by atoms with van der Waals surface area (Å²) in [6, 6.07) is 2.48. The van der Waals surface area contributed by atoms with Crippen LogP contribution >= 0.6 is 34.2 Å². The first-order valence-corrected chi connectivity index (χ1v) is 5.33. The third-order valence-corrected chi connectivity index (χ3v) is 2.69. The highest BCUT2D eigenvalue weighted by molar-refractivity contribution is 14.1. The molecule has 5 heteroatoms. The highest BCUT2D eigenvalue weighted by atomic mass is 127. The van der Waals surface area contributed by atoms with Crippen molar-refractivity contribution in [2.24, 2.45) is 0 Å². The van der Waals surface area contributed by atoms with Crippen molar-refractivity contribution in [1.29, 1.82) is 0 Å². The summed E-state index contributed by atoms with van der Waals surface area (Å²) in [4.78, 5) is 11.3. The zero-order valence-corrected chi connectivity index (χ0v) is 10.2. The maximum Gasteiger partial charge on any atom is 0.339 e. The predicted molar refractivity (Wildman–Crippen MR) is 60.1 cm³/mol. The fourth-order valence-corrected chi connectivity index (χ4v) is 1.70. The number of halogens is 3. The van der Waals surface area contributed by atoms with Gasteiger partial charge in [-0.25, -0.2) is 9.18 Å². The van der Waals surface area contributed by atoms with E-state index in [4.69, 9.17) is 16.3 Å². The number of hydrogen-bond donors (Lipinski definition) is 0. The maximum absolute atomic E-state index is 12.9. The molecular weight excluding hydrogens is 321 g/mol. The molecule has 0 heterocycles. The van der Waals surface area contributed by atoms with Gasteiger partial charge >= 0.3 is 5.97 Å². The lowest BCUT2D eigenvalue weighted by molar-refractivity contribution is 0.0525. The first-order valence-electron chi connectivity index (χ1n) is 3.88. The van der Waals surface area contributed by atoms with E-state index in [9.17, 15) is 9.18 Å². The summed E-state index contributed by atoms with van der Waals surface area (Å²) in [5.41, 5.74) is 0.291. The molecule has 0 spiro atoms. The quantitative estimate of drug-likeness (QED) is 0.473. The lowest BCUT2D eigenvalue weighted by atomic mass is 10.2. The Labute approximate surface area is 99.5 Å².